The first-order valence-electron chi connectivity index (χ1n) is 10.5. The van der Waals surface area contributed by atoms with E-state index in [1.165, 1.54) is 18.4 Å². The number of halogens is 1. The van der Waals surface area contributed by atoms with Crippen molar-refractivity contribution >= 4 is 40.9 Å². The quantitative estimate of drug-likeness (QED) is 0.511. The Hall–Kier alpha value is -2.56. The summed E-state index contributed by atoms with van der Waals surface area (Å²) in [5.41, 5.74) is 2.38. The van der Waals surface area contributed by atoms with Gasteiger partial charge in [0, 0.05) is 12.6 Å². The van der Waals surface area contributed by atoms with Gasteiger partial charge in [-0.05, 0) is 80.8 Å². The molecule has 1 fully saturated rings. The molecule has 0 saturated carbocycles. The van der Waals surface area contributed by atoms with Crippen LogP contribution >= 0.6 is 23.5 Å². The number of piperidine rings is 1. The third kappa shape index (κ3) is 4.86. The molecule has 0 spiro atoms. The summed E-state index contributed by atoms with van der Waals surface area (Å²) >= 11 is 7.70. The number of nitrogens with zero attached hydrogens (tertiary/aromatic N) is 2. The number of carboxylic acids is 1. The molecule has 4 rings (SSSR count). The summed E-state index contributed by atoms with van der Waals surface area (Å²) in [6.45, 7) is 1.53. The monoisotopic (exact) mass is 457 g/mol. The van der Waals surface area contributed by atoms with Crippen LogP contribution in [0.4, 0.5) is 11.4 Å². The van der Waals surface area contributed by atoms with Crippen LogP contribution in [0.2, 0.25) is 5.02 Å². The standard InChI is InChI=1S/C23H24ClN3O3S/c24-18-13-20-19(11-16(18)14-25)26-31-22-12-15(23(28)29)7-8-21(22)30-10-4-2-6-17-5-1-3-9-27(17)20/h7-8,11-13,17,26H,1-6,9-10H2,(H,28,29). The SMILES string of the molecule is N#Cc1cc2c(cc1Cl)N1CCCCC1CCCCOc1ccc(C(=O)O)cc1SN2. The largest absolute Gasteiger partial charge is 0.492 e. The third-order valence-corrected chi connectivity index (χ3v) is 6.97. The first-order chi connectivity index (χ1) is 15.1. The second kappa shape index (κ2) is 9.71. The van der Waals surface area contributed by atoms with Gasteiger partial charge in [-0.25, -0.2) is 4.79 Å². The molecule has 2 aliphatic rings. The van der Waals surface area contributed by atoms with Gasteiger partial charge in [-0.2, -0.15) is 5.26 Å². The summed E-state index contributed by atoms with van der Waals surface area (Å²) in [6, 6.07) is 11.1. The Labute approximate surface area is 191 Å². The lowest BCUT2D eigenvalue weighted by atomic mass is 9.96. The Morgan fingerprint density at radius 3 is 2.81 bits per heavy atom. The molecule has 0 bridgehead atoms. The number of carbonyl (C=O) groups is 1. The maximum absolute atomic E-state index is 11.5. The maximum Gasteiger partial charge on any atom is 0.335 e. The lowest BCUT2D eigenvalue weighted by Gasteiger charge is -2.39. The number of aromatic carboxylic acids is 1. The van der Waals surface area contributed by atoms with Crippen LogP contribution < -0.4 is 14.4 Å². The van der Waals surface area contributed by atoms with Crippen LogP contribution in [0.25, 0.3) is 0 Å². The normalized spacial score (nSPS) is 19.0. The molecule has 2 heterocycles. The van der Waals surface area contributed by atoms with E-state index in [0.717, 1.165) is 50.0 Å². The highest BCUT2D eigenvalue weighted by Gasteiger charge is 2.26. The minimum Gasteiger partial charge on any atom is -0.492 e. The van der Waals surface area contributed by atoms with Crippen molar-refractivity contribution in [3.63, 3.8) is 0 Å². The molecule has 31 heavy (non-hydrogen) atoms. The number of fused-ring (bicyclic) bond motifs is 4. The fourth-order valence-corrected chi connectivity index (χ4v) is 5.20. The van der Waals surface area contributed by atoms with Crippen LogP contribution in [0.15, 0.2) is 35.2 Å². The number of carboxylic acid groups (broad SMARTS) is 1. The molecular weight excluding hydrogens is 434 g/mol. The first-order valence-corrected chi connectivity index (χ1v) is 11.7. The van der Waals surface area contributed by atoms with E-state index in [4.69, 9.17) is 16.3 Å². The molecule has 6 nitrogen and oxygen atoms in total. The van der Waals surface area contributed by atoms with E-state index in [-0.39, 0.29) is 5.56 Å². The van der Waals surface area contributed by atoms with E-state index in [2.05, 4.69) is 15.7 Å². The predicted molar refractivity (Wildman–Crippen MR) is 123 cm³/mol. The van der Waals surface area contributed by atoms with Crippen molar-refractivity contribution in [2.75, 3.05) is 22.8 Å². The zero-order chi connectivity index (χ0) is 21.8. The Bertz CT molecular complexity index is 1020. The van der Waals surface area contributed by atoms with E-state index in [1.54, 1.807) is 24.3 Å². The predicted octanol–water partition coefficient (Wildman–Crippen LogP) is 5.95. The minimum atomic E-state index is -0.985. The van der Waals surface area contributed by atoms with E-state index in [1.807, 2.05) is 6.07 Å². The molecule has 0 radical (unpaired) electrons. The second-order valence-corrected chi connectivity index (χ2v) is 9.07. The number of rotatable bonds is 1. The van der Waals surface area contributed by atoms with Crippen LogP contribution in [0.1, 0.15) is 54.4 Å². The van der Waals surface area contributed by atoms with Crippen LogP contribution in [0.5, 0.6) is 5.75 Å². The second-order valence-electron chi connectivity index (χ2n) is 7.82. The average molecular weight is 458 g/mol. The topological polar surface area (TPSA) is 85.6 Å². The van der Waals surface area contributed by atoms with Gasteiger partial charge in [0.2, 0.25) is 0 Å². The number of ether oxygens (including phenoxy) is 1. The zero-order valence-corrected chi connectivity index (χ0v) is 18.6. The molecule has 8 heteroatoms. The van der Waals surface area contributed by atoms with Crippen LogP contribution in [0, 0.1) is 11.3 Å². The number of benzene rings is 2. The van der Waals surface area contributed by atoms with Gasteiger partial charge >= 0.3 is 5.97 Å². The molecule has 0 amide bonds. The molecule has 1 atom stereocenters. The number of nitrogens with one attached hydrogen (secondary N) is 1. The molecular formula is C23H24ClN3O3S. The van der Waals surface area contributed by atoms with E-state index < -0.39 is 5.97 Å². The first kappa shape index (κ1) is 21.7. The molecule has 162 valence electrons. The molecule has 2 aromatic rings. The Morgan fingerprint density at radius 1 is 1.23 bits per heavy atom. The van der Waals surface area contributed by atoms with Crippen LogP contribution in [0.3, 0.4) is 0 Å². The average Bonchev–Trinajstić information content (AvgIpc) is 2.79. The van der Waals surface area contributed by atoms with E-state index in [9.17, 15) is 15.2 Å². The van der Waals surface area contributed by atoms with Gasteiger partial charge in [-0.1, -0.05) is 11.6 Å². The minimum absolute atomic E-state index is 0.200. The van der Waals surface area contributed by atoms with Crippen molar-refractivity contribution in [2.45, 2.75) is 49.5 Å². The zero-order valence-electron chi connectivity index (χ0n) is 17.1. The van der Waals surface area contributed by atoms with E-state index >= 15 is 0 Å². The Kier molecular flexibility index (Phi) is 6.79. The van der Waals surface area contributed by atoms with Crippen molar-refractivity contribution in [3.8, 4) is 11.8 Å². The number of nitriles is 1. The molecule has 2 aromatic carbocycles. The van der Waals surface area contributed by atoms with Gasteiger partial charge in [0.05, 0.1) is 39.0 Å². The van der Waals surface area contributed by atoms with Crippen molar-refractivity contribution in [3.05, 3.63) is 46.5 Å². The Morgan fingerprint density at radius 2 is 2.03 bits per heavy atom. The summed E-state index contributed by atoms with van der Waals surface area (Å²) in [7, 11) is 0. The van der Waals surface area contributed by atoms with Gasteiger partial charge in [-0.3, -0.25) is 0 Å². The molecule has 1 unspecified atom stereocenters. The van der Waals surface area contributed by atoms with Crippen molar-refractivity contribution in [1.29, 1.82) is 5.26 Å². The summed E-state index contributed by atoms with van der Waals surface area (Å²) in [5.74, 6) is -0.336. The Balaban J connectivity index is 1.76. The van der Waals surface area contributed by atoms with Crippen molar-refractivity contribution < 1.29 is 14.6 Å². The fourth-order valence-electron chi connectivity index (χ4n) is 4.20. The van der Waals surface area contributed by atoms with Gasteiger partial charge < -0.3 is 19.5 Å². The summed E-state index contributed by atoms with van der Waals surface area (Å²) in [6.07, 6.45) is 6.51. The molecule has 1 saturated heterocycles. The molecule has 0 aliphatic carbocycles. The van der Waals surface area contributed by atoms with Gasteiger partial charge in [0.25, 0.3) is 0 Å². The fraction of sp³-hybridized carbons (Fsp3) is 0.391. The van der Waals surface area contributed by atoms with Crippen molar-refractivity contribution in [1.82, 2.24) is 0 Å². The highest BCUT2D eigenvalue weighted by Crippen LogP contribution is 2.40. The van der Waals surface area contributed by atoms with Gasteiger partial charge in [0.1, 0.15) is 11.8 Å². The smallest absolute Gasteiger partial charge is 0.335 e. The van der Waals surface area contributed by atoms with Crippen LogP contribution in [-0.2, 0) is 0 Å². The van der Waals surface area contributed by atoms with Gasteiger partial charge in [-0.15, -0.1) is 0 Å². The maximum atomic E-state index is 11.5. The van der Waals surface area contributed by atoms with Crippen LogP contribution in [-0.4, -0.2) is 30.3 Å². The summed E-state index contributed by atoms with van der Waals surface area (Å²) in [4.78, 5) is 14.6. The summed E-state index contributed by atoms with van der Waals surface area (Å²) in [5, 5.41) is 19.3. The highest BCUT2D eigenvalue weighted by atomic mass is 35.5. The lowest BCUT2D eigenvalue weighted by molar-refractivity contribution is 0.0696. The lowest BCUT2D eigenvalue weighted by Crippen LogP contribution is -2.40. The number of anilines is 2. The number of hydrogen-bond donors (Lipinski definition) is 2. The van der Waals surface area contributed by atoms with E-state index in [0.29, 0.717) is 33.9 Å². The third-order valence-electron chi connectivity index (χ3n) is 5.79. The molecule has 2 N–H and O–H groups in total. The molecule has 2 aliphatic heterocycles. The summed E-state index contributed by atoms with van der Waals surface area (Å²) < 4.78 is 9.33. The highest BCUT2D eigenvalue weighted by molar-refractivity contribution is 8.00. The molecule has 0 aromatic heterocycles. The van der Waals surface area contributed by atoms with Crippen molar-refractivity contribution in [2.24, 2.45) is 0 Å². The van der Waals surface area contributed by atoms with Gasteiger partial charge in [0.15, 0.2) is 0 Å². The number of hydrogen-bond acceptors (Lipinski definition) is 6.